The predicted molar refractivity (Wildman–Crippen MR) is 126 cm³/mol. The maximum absolute atomic E-state index is 5.96. The molecule has 4 heteroatoms. The Morgan fingerprint density at radius 1 is 0.667 bits per heavy atom. The molecule has 0 amide bonds. The molecule has 0 N–H and O–H groups in total. The molecule has 0 radical (unpaired) electrons. The zero-order chi connectivity index (χ0) is 20.2. The van der Waals surface area contributed by atoms with Crippen molar-refractivity contribution in [1.82, 2.24) is 4.98 Å². The van der Waals surface area contributed by atoms with Crippen molar-refractivity contribution in [2.24, 2.45) is 0 Å². The molecule has 1 aromatic heterocycles. The third-order valence-electron chi connectivity index (χ3n) is 5.39. The molecule has 0 saturated carbocycles. The lowest BCUT2D eigenvalue weighted by atomic mass is 10.1. The van der Waals surface area contributed by atoms with Crippen LogP contribution in [0.4, 0.5) is 5.13 Å². The van der Waals surface area contributed by atoms with E-state index in [-0.39, 0.29) is 0 Å². The minimum absolute atomic E-state index is 0.831. The van der Waals surface area contributed by atoms with Gasteiger partial charge in [0, 0.05) is 18.7 Å². The lowest BCUT2D eigenvalue weighted by Crippen LogP contribution is -2.29. The van der Waals surface area contributed by atoms with Crippen molar-refractivity contribution in [2.75, 3.05) is 18.0 Å². The lowest BCUT2D eigenvalue weighted by Gasteiger charge is -2.25. The van der Waals surface area contributed by atoms with Crippen LogP contribution in [-0.4, -0.2) is 18.1 Å². The molecule has 1 fully saturated rings. The van der Waals surface area contributed by atoms with Gasteiger partial charge in [0.25, 0.3) is 0 Å². The fourth-order valence-corrected chi connectivity index (χ4v) is 4.96. The molecule has 4 aromatic rings. The van der Waals surface area contributed by atoms with Gasteiger partial charge >= 0.3 is 0 Å². The second-order valence-electron chi connectivity index (χ2n) is 7.53. The summed E-state index contributed by atoms with van der Waals surface area (Å²) in [7, 11) is 0. The highest BCUT2D eigenvalue weighted by Crippen LogP contribution is 2.41. The number of anilines is 1. The zero-order valence-corrected chi connectivity index (χ0v) is 17.6. The Labute approximate surface area is 181 Å². The van der Waals surface area contributed by atoms with Crippen molar-refractivity contribution >= 4 is 16.5 Å². The number of thiazole rings is 1. The topological polar surface area (TPSA) is 25.4 Å². The Morgan fingerprint density at radius 3 is 2.00 bits per heavy atom. The van der Waals surface area contributed by atoms with Gasteiger partial charge in [-0.2, -0.15) is 0 Å². The summed E-state index contributed by atoms with van der Waals surface area (Å²) >= 11 is 1.80. The normalized spacial score (nSPS) is 13.9. The molecular weight excluding hydrogens is 388 g/mol. The smallest absolute Gasteiger partial charge is 0.186 e. The number of benzene rings is 3. The average Bonchev–Trinajstić information content (AvgIpc) is 3.27. The monoisotopic (exact) mass is 412 g/mol. The summed E-state index contributed by atoms with van der Waals surface area (Å²) in [5, 5.41) is 1.13. The number of para-hydroxylation sites is 1. The first-order valence-electron chi connectivity index (χ1n) is 10.5. The van der Waals surface area contributed by atoms with Gasteiger partial charge in [-0.3, -0.25) is 0 Å². The summed E-state index contributed by atoms with van der Waals surface area (Å²) in [5.74, 6) is 1.67. The van der Waals surface area contributed by atoms with Crippen LogP contribution in [0.3, 0.4) is 0 Å². The predicted octanol–water partition coefficient (Wildman–Crippen LogP) is 7.26. The van der Waals surface area contributed by atoms with Crippen LogP contribution < -0.4 is 9.64 Å². The fraction of sp³-hybridized carbons (Fsp3) is 0.192. The molecule has 0 atom stereocenters. The maximum atomic E-state index is 5.96. The van der Waals surface area contributed by atoms with Gasteiger partial charge in [0.1, 0.15) is 11.5 Å². The van der Waals surface area contributed by atoms with Crippen LogP contribution >= 0.6 is 11.3 Å². The largest absolute Gasteiger partial charge is 0.457 e. The molecule has 0 unspecified atom stereocenters. The molecule has 150 valence electrons. The Bertz CT molecular complexity index is 1090. The fourth-order valence-electron chi connectivity index (χ4n) is 3.82. The first-order chi connectivity index (χ1) is 14.9. The van der Waals surface area contributed by atoms with E-state index in [4.69, 9.17) is 9.72 Å². The van der Waals surface area contributed by atoms with Crippen molar-refractivity contribution in [3.05, 3.63) is 84.9 Å². The van der Waals surface area contributed by atoms with Crippen LogP contribution in [0.5, 0.6) is 11.5 Å². The third kappa shape index (κ3) is 4.10. The Morgan fingerprint density at radius 2 is 1.30 bits per heavy atom. The molecule has 0 bridgehead atoms. The Hall–Kier alpha value is -3.11. The van der Waals surface area contributed by atoms with Crippen LogP contribution in [0.2, 0.25) is 0 Å². The molecule has 5 rings (SSSR count). The van der Waals surface area contributed by atoms with E-state index >= 15 is 0 Å². The number of ether oxygens (including phenoxy) is 1. The summed E-state index contributed by atoms with van der Waals surface area (Å²) in [5.41, 5.74) is 3.39. The molecule has 0 aliphatic carbocycles. The SMILES string of the molecule is c1ccc(Oc2ccc(-c3nc(N4CCCCC4)sc3-c3ccccc3)cc2)cc1. The number of nitrogens with zero attached hydrogens (tertiary/aromatic N) is 2. The van der Waals surface area contributed by atoms with E-state index in [2.05, 4.69) is 47.4 Å². The minimum Gasteiger partial charge on any atom is -0.457 e. The summed E-state index contributed by atoms with van der Waals surface area (Å²) in [6.45, 7) is 2.20. The molecule has 3 aromatic carbocycles. The van der Waals surface area contributed by atoms with E-state index in [0.29, 0.717) is 0 Å². The van der Waals surface area contributed by atoms with Gasteiger partial charge in [0.2, 0.25) is 0 Å². The average molecular weight is 413 g/mol. The van der Waals surface area contributed by atoms with Crippen LogP contribution in [0.25, 0.3) is 21.7 Å². The molecule has 1 aliphatic rings. The summed E-state index contributed by atoms with van der Waals surface area (Å²) in [4.78, 5) is 8.77. The number of piperidine rings is 1. The highest BCUT2D eigenvalue weighted by molar-refractivity contribution is 7.19. The van der Waals surface area contributed by atoms with Crippen LogP contribution in [0.15, 0.2) is 84.9 Å². The molecule has 1 aliphatic heterocycles. The van der Waals surface area contributed by atoms with E-state index in [1.54, 1.807) is 11.3 Å². The second-order valence-corrected chi connectivity index (χ2v) is 8.50. The maximum Gasteiger partial charge on any atom is 0.186 e. The molecule has 3 nitrogen and oxygen atoms in total. The van der Waals surface area contributed by atoms with Gasteiger partial charge in [-0.1, -0.05) is 59.9 Å². The first-order valence-corrected chi connectivity index (χ1v) is 11.3. The van der Waals surface area contributed by atoms with Gasteiger partial charge in [0.15, 0.2) is 5.13 Å². The number of hydrogen-bond acceptors (Lipinski definition) is 4. The van der Waals surface area contributed by atoms with Crippen molar-refractivity contribution in [3.63, 3.8) is 0 Å². The van der Waals surface area contributed by atoms with Gasteiger partial charge < -0.3 is 9.64 Å². The van der Waals surface area contributed by atoms with E-state index < -0.39 is 0 Å². The minimum atomic E-state index is 0.831. The number of hydrogen-bond donors (Lipinski definition) is 0. The van der Waals surface area contributed by atoms with Gasteiger partial charge in [-0.05, 0) is 61.2 Å². The molecule has 2 heterocycles. The van der Waals surface area contributed by atoms with E-state index in [0.717, 1.165) is 41.0 Å². The molecule has 30 heavy (non-hydrogen) atoms. The summed E-state index contributed by atoms with van der Waals surface area (Å²) in [6, 6.07) is 28.7. The molecule has 0 spiro atoms. The van der Waals surface area contributed by atoms with E-state index in [1.165, 1.54) is 29.7 Å². The zero-order valence-electron chi connectivity index (χ0n) is 16.8. The van der Waals surface area contributed by atoms with Crippen molar-refractivity contribution in [1.29, 1.82) is 0 Å². The standard InChI is InChI=1S/C26H24N2OS/c1-4-10-21(11-5-1)25-24(27-26(30-25)28-18-8-3-9-19-28)20-14-16-23(17-15-20)29-22-12-6-2-7-13-22/h1-2,4-7,10-17H,3,8-9,18-19H2. The van der Waals surface area contributed by atoms with E-state index in [9.17, 15) is 0 Å². The van der Waals surface area contributed by atoms with Crippen LogP contribution in [-0.2, 0) is 0 Å². The Kier molecular flexibility index (Phi) is 5.49. The molecule has 1 saturated heterocycles. The third-order valence-corrected chi connectivity index (χ3v) is 6.55. The first kappa shape index (κ1) is 18.9. The van der Waals surface area contributed by atoms with Crippen molar-refractivity contribution in [3.8, 4) is 33.2 Å². The number of rotatable bonds is 5. The quantitative estimate of drug-likeness (QED) is 0.345. The van der Waals surface area contributed by atoms with Crippen molar-refractivity contribution in [2.45, 2.75) is 19.3 Å². The summed E-state index contributed by atoms with van der Waals surface area (Å²) in [6.07, 6.45) is 3.82. The lowest BCUT2D eigenvalue weighted by molar-refractivity contribution is 0.483. The molecular formula is C26H24N2OS. The highest BCUT2D eigenvalue weighted by Gasteiger charge is 2.20. The van der Waals surface area contributed by atoms with Crippen LogP contribution in [0.1, 0.15) is 19.3 Å². The number of aromatic nitrogens is 1. The summed E-state index contributed by atoms with van der Waals surface area (Å²) < 4.78 is 5.96. The van der Waals surface area contributed by atoms with E-state index in [1.807, 2.05) is 42.5 Å². The second kappa shape index (κ2) is 8.72. The highest BCUT2D eigenvalue weighted by atomic mass is 32.1. The van der Waals surface area contributed by atoms with Gasteiger partial charge in [0.05, 0.1) is 10.6 Å². The van der Waals surface area contributed by atoms with Gasteiger partial charge in [-0.25, -0.2) is 4.98 Å². The van der Waals surface area contributed by atoms with Crippen LogP contribution in [0, 0.1) is 0 Å². The van der Waals surface area contributed by atoms with Crippen molar-refractivity contribution < 1.29 is 4.74 Å². The Balaban J connectivity index is 1.48. The van der Waals surface area contributed by atoms with Gasteiger partial charge in [-0.15, -0.1) is 0 Å².